The molecule has 2 heteroatoms. The summed E-state index contributed by atoms with van der Waals surface area (Å²) in [5.41, 5.74) is 7.31. The van der Waals surface area contributed by atoms with Crippen LogP contribution in [0.4, 0.5) is 0 Å². The molecule has 2 aromatic heterocycles. The first-order chi connectivity index (χ1) is 16.0. The van der Waals surface area contributed by atoms with E-state index in [1.165, 1.54) is 32.7 Å². The van der Waals surface area contributed by atoms with Crippen LogP contribution in [0.15, 0.2) is 66.9 Å². The third-order valence-electron chi connectivity index (χ3n) is 6.60. The number of rotatable bonds is 2. The minimum Gasteiger partial charge on any atom is -0.256 e. The molecule has 0 aliphatic rings. The van der Waals surface area contributed by atoms with Crippen LogP contribution in [-0.2, 0) is 11.8 Å². The Morgan fingerprint density at radius 2 is 1.47 bits per heavy atom. The zero-order valence-electron chi connectivity index (χ0n) is 21.5. The monoisotopic (exact) mass is 446 g/mol. The molecule has 0 spiro atoms. The predicted octanol–water partition coefficient (Wildman–Crippen LogP) is 8.80. The van der Waals surface area contributed by atoms with Gasteiger partial charge in [-0.2, -0.15) is 0 Å². The van der Waals surface area contributed by atoms with E-state index in [0.717, 1.165) is 34.3 Å². The molecular weight excluding hydrogens is 412 g/mol. The van der Waals surface area contributed by atoms with E-state index < -0.39 is 0 Å². The molecule has 5 rings (SSSR count). The van der Waals surface area contributed by atoms with Crippen LogP contribution in [0.5, 0.6) is 0 Å². The minimum absolute atomic E-state index is 0.0351. The molecule has 5 aromatic rings. The molecule has 0 saturated heterocycles. The molecule has 3 aromatic carbocycles. The number of fused-ring (bicyclic) bond motifs is 4. The Labute approximate surface area is 203 Å². The van der Waals surface area contributed by atoms with E-state index >= 15 is 0 Å². The average molecular weight is 447 g/mol. The SMILES string of the molecule is Cc1cc(CC(C)(C)C)c2ccc3c(-c4cc(C(C)(C)C)c5ccccc5c4)nccc3c2n1. The number of hydrogen-bond donors (Lipinski definition) is 0. The lowest BCUT2D eigenvalue weighted by atomic mass is 9.82. The molecule has 0 aliphatic heterocycles. The predicted molar refractivity (Wildman–Crippen MR) is 147 cm³/mol. The van der Waals surface area contributed by atoms with Gasteiger partial charge in [-0.15, -0.1) is 0 Å². The lowest BCUT2D eigenvalue weighted by Crippen LogP contribution is -2.12. The van der Waals surface area contributed by atoms with Crippen molar-refractivity contribution in [3.05, 3.63) is 83.7 Å². The van der Waals surface area contributed by atoms with Crippen LogP contribution in [0.3, 0.4) is 0 Å². The van der Waals surface area contributed by atoms with Crippen molar-refractivity contribution in [3.63, 3.8) is 0 Å². The molecule has 0 amide bonds. The lowest BCUT2D eigenvalue weighted by molar-refractivity contribution is 0.412. The Morgan fingerprint density at radius 1 is 0.735 bits per heavy atom. The zero-order chi connectivity index (χ0) is 24.3. The molecule has 0 fully saturated rings. The maximum atomic E-state index is 5.01. The van der Waals surface area contributed by atoms with Gasteiger partial charge in [0.25, 0.3) is 0 Å². The summed E-state index contributed by atoms with van der Waals surface area (Å²) in [6.07, 6.45) is 2.96. The van der Waals surface area contributed by atoms with E-state index in [1.807, 2.05) is 6.20 Å². The number of pyridine rings is 2. The fraction of sp³-hybridized carbons (Fsp3) is 0.312. The van der Waals surface area contributed by atoms with Gasteiger partial charge in [-0.1, -0.05) is 77.9 Å². The van der Waals surface area contributed by atoms with Crippen molar-refractivity contribution >= 4 is 32.4 Å². The van der Waals surface area contributed by atoms with Crippen LogP contribution in [0.2, 0.25) is 0 Å². The highest BCUT2D eigenvalue weighted by atomic mass is 14.7. The molecule has 34 heavy (non-hydrogen) atoms. The largest absolute Gasteiger partial charge is 0.256 e. The summed E-state index contributed by atoms with van der Waals surface area (Å²) in [6.45, 7) is 15.8. The van der Waals surface area contributed by atoms with Crippen molar-refractivity contribution < 1.29 is 0 Å². The van der Waals surface area contributed by atoms with Gasteiger partial charge in [0.2, 0.25) is 0 Å². The molecule has 172 valence electrons. The fourth-order valence-electron chi connectivity index (χ4n) is 5.17. The first kappa shape index (κ1) is 22.5. The summed E-state index contributed by atoms with van der Waals surface area (Å²) in [5, 5.41) is 6.15. The number of aromatic nitrogens is 2. The average Bonchev–Trinajstić information content (AvgIpc) is 2.76. The second-order valence-corrected chi connectivity index (χ2v) is 11.9. The van der Waals surface area contributed by atoms with Crippen LogP contribution in [0.1, 0.15) is 58.4 Å². The molecule has 0 saturated carbocycles. The van der Waals surface area contributed by atoms with E-state index in [-0.39, 0.29) is 10.8 Å². The Kier molecular flexibility index (Phi) is 5.24. The van der Waals surface area contributed by atoms with Gasteiger partial charge in [-0.05, 0) is 70.3 Å². The van der Waals surface area contributed by atoms with Gasteiger partial charge in [0.15, 0.2) is 0 Å². The molecule has 0 aliphatic carbocycles. The molecular formula is C32H34N2. The van der Waals surface area contributed by atoms with Crippen molar-refractivity contribution in [2.75, 3.05) is 0 Å². The summed E-state index contributed by atoms with van der Waals surface area (Å²) in [6, 6.07) is 22.2. The van der Waals surface area contributed by atoms with Gasteiger partial charge >= 0.3 is 0 Å². The third-order valence-corrected chi connectivity index (χ3v) is 6.60. The standard InChI is InChI=1S/C32H34N2/c1-20-16-23(19-31(2,3)4)25-12-13-26-27(30(25)34-20)14-15-33-29(26)22-17-21-10-8-9-11-24(21)28(18-22)32(5,6)7/h8-18H,19H2,1-7H3. The van der Waals surface area contributed by atoms with Crippen molar-refractivity contribution in [1.29, 1.82) is 0 Å². The Balaban J connectivity index is 1.80. The third kappa shape index (κ3) is 4.07. The number of aryl methyl sites for hydroxylation is 1. The van der Waals surface area contributed by atoms with Crippen molar-refractivity contribution in [3.8, 4) is 11.3 Å². The first-order valence-corrected chi connectivity index (χ1v) is 12.2. The highest BCUT2D eigenvalue weighted by Gasteiger charge is 2.20. The molecule has 0 unspecified atom stereocenters. The van der Waals surface area contributed by atoms with Crippen molar-refractivity contribution in [2.24, 2.45) is 5.41 Å². The maximum absolute atomic E-state index is 5.01. The quantitative estimate of drug-likeness (QED) is 0.253. The van der Waals surface area contributed by atoms with Crippen LogP contribution < -0.4 is 0 Å². The van der Waals surface area contributed by atoms with E-state index in [1.54, 1.807) is 0 Å². The summed E-state index contributed by atoms with van der Waals surface area (Å²) in [4.78, 5) is 9.90. The van der Waals surface area contributed by atoms with Crippen molar-refractivity contribution in [2.45, 2.75) is 60.3 Å². The van der Waals surface area contributed by atoms with Crippen LogP contribution in [-0.4, -0.2) is 9.97 Å². The normalized spacial score (nSPS) is 12.7. The van der Waals surface area contributed by atoms with E-state index in [4.69, 9.17) is 9.97 Å². The zero-order valence-corrected chi connectivity index (χ0v) is 21.5. The Hall–Kier alpha value is -3.26. The van der Waals surface area contributed by atoms with E-state index in [9.17, 15) is 0 Å². The maximum Gasteiger partial charge on any atom is 0.0787 e. The Morgan fingerprint density at radius 3 is 2.21 bits per heavy atom. The van der Waals surface area contributed by atoms with Gasteiger partial charge in [-0.3, -0.25) is 9.97 Å². The summed E-state index contributed by atoms with van der Waals surface area (Å²) in [5.74, 6) is 0. The topological polar surface area (TPSA) is 25.8 Å². The second-order valence-electron chi connectivity index (χ2n) is 11.9. The van der Waals surface area contributed by atoms with Gasteiger partial charge < -0.3 is 0 Å². The Bertz CT molecular complexity index is 1550. The highest BCUT2D eigenvalue weighted by molar-refractivity contribution is 6.10. The van der Waals surface area contributed by atoms with Crippen molar-refractivity contribution in [1.82, 2.24) is 9.97 Å². The number of benzene rings is 3. The highest BCUT2D eigenvalue weighted by Crippen LogP contribution is 2.38. The summed E-state index contributed by atoms with van der Waals surface area (Å²) < 4.78 is 0. The van der Waals surface area contributed by atoms with Gasteiger partial charge in [0.1, 0.15) is 0 Å². The molecule has 0 bridgehead atoms. The molecule has 0 radical (unpaired) electrons. The van der Waals surface area contributed by atoms with Gasteiger partial charge in [-0.25, -0.2) is 0 Å². The summed E-state index contributed by atoms with van der Waals surface area (Å²) >= 11 is 0. The summed E-state index contributed by atoms with van der Waals surface area (Å²) in [7, 11) is 0. The minimum atomic E-state index is 0.0351. The number of hydrogen-bond acceptors (Lipinski definition) is 2. The molecule has 2 nitrogen and oxygen atoms in total. The van der Waals surface area contributed by atoms with Gasteiger partial charge in [0.05, 0.1) is 11.2 Å². The fourth-order valence-corrected chi connectivity index (χ4v) is 5.17. The second kappa shape index (κ2) is 7.91. The van der Waals surface area contributed by atoms with E-state index in [2.05, 4.69) is 109 Å². The van der Waals surface area contributed by atoms with Gasteiger partial charge in [0, 0.05) is 33.6 Å². The van der Waals surface area contributed by atoms with E-state index in [0.29, 0.717) is 0 Å². The van der Waals surface area contributed by atoms with Crippen LogP contribution >= 0.6 is 0 Å². The lowest BCUT2D eigenvalue weighted by Gasteiger charge is -2.23. The smallest absolute Gasteiger partial charge is 0.0787 e. The molecule has 2 heterocycles. The first-order valence-electron chi connectivity index (χ1n) is 12.2. The molecule has 0 atom stereocenters. The molecule has 0 N–H and O–H groups in total. The van der Waals surface area contributed by atoms with Crippen LogP contribution in [0.25, 0.3) is 43.7 Å². The van der Waals surface area contributed by atoms with Crippen LogP contribution in [0, 0.1) is 12.3 Å². The number of nitrogens with zero attached hydrogens (tertiary/aromatic N) is 2.